The van der Waals surface area contributed by atoms with E-state index in [0.29, 0.717) is 5.75 Å². The van der Waals surface area contributed by atoms with Gasteiger partial charge in [-0.15, -0.1) is 0 Å². The number of aromatic nitrogens is 4. The molecule has 212 valence electrons. The molecule has 1 fully saturated rings. The Morgan fingerprint density at radius 2 is 2.10 bits per heavy atom. The fourth-order valence-electron chi connectivity index (χ4n) is 3.73. The van der Waals surface area contributed by atoms with Crippen LogP contribution in [0.15, 0.2) is 41.5 Å². The van der Waals surface area contributed by atoms with Gasteiger partial charge < -0.3 is 29.4 Å². The van der Waals surface area contributed by atoms with Gasteiger partial charge in [0.2, 0.25) is 5.95 Å². The van der Waals surface area contributed by atoms with Gasteiger partial charge in [-0.1, -0.05) is 29.8 Å². The van der Waals surface area contributed by atoms with Gasteiger partial charge in [-0.25, -0.2) is 14.5 Å². The molecule has 2 aromatic heterocycles. The maximum absolute atomic E-state index is 15.6. The highest BCUT2D eigenvalue weighted by Crippen LogP contribution is 2.49. The standard InChI is InChI=1S/C22H27ClFN6O7PS/c1-11(2)35-19(33)12(3)29-38(39,37-13-7-5-4-6-8-13)34-9-14-16(31)22(23,24)20(36-14)30-10-26-15-17(30)27-21(25)28-18(15)32/h4-8,10-12,14,16,20,31H,9H2,1-3H3,(H,29,39)(H3,25,27,28,32)/t12-,14-,16-,20-,22+,38+/m1/s1. The van der Waals surface area contributed by atoms with Crippen molar-refractivity contribution in [3.63, 3.8) is 0 Å². The lowest BCUT2D eigenvalue weighted by molar-refractivity contribution is -0.149. The van der Waals surface area contributed by atoms with Gasteiger partial charge in [-0.05, 0) is 44.7 Å². The van der Waals surface area contributed by atoms with Gasteiger partial charge >= 0.3 is 12.6 Å². The van der Waals surface area contributed by atoms with E-state index in [1.807, 2.05) is 0 Å². The normalized spacial score (nSPS) is 25.5. The highest BCUT2D eigenvalue weighted by Gasteiger charge is 2.58. The van der Waals surface area contributed by atoms with Crippen molar-refractivity contribution in [3.05, 3.63) is 47.0 Å². The SMILES string of the molecule is CC(C)OC(=O)[C@@H](C)N[P@](=S)(OC[C@H]1O[C@@H](n2cnc3c(=O)[nH]c(N)nc32)[C@](F)(Cl)[C@@H]1O)Oc1ccccc1. The molecule has 1 aliphatic heterocycles. The van der Waals surface area contributed by atoms with Crippen LogP contribution in [0.25, 0.3) is 11.2 Å². The number of rotatable bonds is 10. The van der Waals surface area contributed by atoms with Crippen molar-refractivity contribution in [3.8, 4) is 5.75 Å². The third-order valence-electron chi connectivity index (χ3n) is 5.52. The molecule has 1 saturated heterocycles. The summed E-state index contributed by atoms with van der Waals surface area (Å²) in [6.45, 7) is 0.925. The minimum absolute atomic E-state index is 0.102. The monoisotopic (exact) mass is 604 g/mol. The summed E-state index contributed by atoms with van der Waals surface area (Å²) in [5.74, 6) is -0.477. The van der Waals surface area contributed by atoms with E-state index in [1.165, 1.54) is 6.92 Å². The molecule has 6 atom stereocenters. The maximum Gasteiger partial charge on any atom is 0.323 e. The largest absolute Gasteiger partial charge is 0.462 e. The highest BCUT2D eigenvalue weighted by atomic mass is 35.5. The molecule has 0 spiro atoms. The Labute approximate surface area is 232 Å². The number of H-pyrrole nitrogens is 1. The molecular formula is C22H27ClFN6O7PS. The average Bonchev–Trinajstić information content (AvgIpc) is 3.36. The fraction of sp³-hybridized carbons (Fsp3) is 0.455. The first kappa shape index (κ1) is 29.3. The predicted octanol–water partition coefficient (Wildman–Crippen LogP) is 2.11. The van der Waals surface area contributed by atoms with Gasteiger partial charge in [-0.3, -0.25) is 19.1 Å². The highest BCUT2D eigenvalue weighted by molar-refractivity contribution is 8.09. The van der Waals surface area contributed by atoms with Gasteiger partial charge in [0.25, 0.3) is 10.7 Å². The molecule has 5 N–H and O–H groups in total. The Hall–Kier alpha value is -2.65. The van der Waals surface area contributed by atoms with Crippen LogP contribution in [-0.2, 0) is 30.6 Å². The number of fused-ring (bicyclic) bond motifs is 1. The summed E-state index contributed by atoms with van der Waals surface area (Å²) < 4.78 is 39.4. The lowest BCUT2D eigenvalue weighted by atomic mass is 10.1. The molecule has 1 aliphatic rings. The molecule has 39 heavy (non-hydrogen) atoms. The zero-order chi connectivity index (χ0) is 28.5. The van der Waals surface area contributed by atoms with E-state index in [1.54, 1.807) is 44.2 Å². The molecule has 0 saturated carbocycles. The molecule has 4 rings (SSSR count). The summed E-state index contributed by atoms with van der Waals surface area (Å²) in [7, 11) is 0. The first-order valence-electron chi connectivity index (χ1n) is 11.7. The maximum atomic E-state index is 15.6. The average molecular weight is 605 g/mol. The molecule has 0 radical (unpaired) electrons. The Morgan fingerprint density at radius 1 is 1.41 bits per heavy atom. The Kier molecular flexibility index (Phi) is 8.61. The first-order chi connectivity index (χ1) is 18.3. The summed E-state index contributed by atoms with van der Waals surface area (Å²) in [6, 6.07) is 7.54. The number of nitrogens with two attached hydrogens (primary N) is 1. The van der Waals surface area contributed by atoms with Crippen molar-refractivity contribution >= 4 is 53.1 Å². The molecular weight excluding hydrogens is 578 g/mol. The Bertz CT molecular complexity index is 1440. The number of alkyl halides is 2. The molecule has 13 nitrogen and oxygen atoms in total. The number of aliphatic hydroxyl groups is 1. The summed E-state index contributed by atoms with van der Waals surface area (Å²) in [6.07, 6.45) is -4.20. The van der Waals surface area contributed by atoms with Crippen LogP contribution in [0.5, 0.6) is 5.75 Å². The van der Waals surface area contributed by atoms with E-state index in [9.17, 15) is 14.7 Å². The summed E-state index contributed by atoms with van der Waals surface area (Å²) in [5.41, 5.74) is 4.73. The van der Waals surface area contributed by atoms with Crippen LogP contribution in [-0.4, -0.2) is 66.7 Å². The van der Waals surface area contributed by atoms with Crippen LogP contribution in [0.2, 0.25) is 0 Å². The van der Waals surface area contributed by atoms with Crippen molar-refractivity contribution in [2.45, 2.75) is 56.5 Å². The van der Waals surface area contributed by atoms with Crippen molar-refractivity contribution in [2.24, 2.45) is 0 Å². The number of aliphatic hydroxyl groups excluding tert-OH is 1. The summed E-state index contributed by atoms with van der Waals surface area (Å²) in [4.78, 5) is 34.7. The zero-order valence-corrected chi connectivity index (χ0v) is 23.5. The second-order valence-corrected chi connectivity index (χ2v) is 12.7. The summed E-state index contributed by atoms with van der Waals surface area (Å²) in [5, 5.41) is 10.7. The first-order valence-corrected chi connectivity index (χ1v) is 14.7. The predicted molar refractivity (Wildman–Crippen MR) is 143 cm³/mol. The number of hydrogen-bond acceptors (Lipinski definition) is 11. The lowest BCUT2D eigenvalue weighted by Gasteiger charge is -2.28. The van der Waals surface area contributed by atoms with E-state index < -0.39 is 54.4 Å². The van der Waals surface area contributed by atoms with Crippen LogP contribution in [0, 0.1) is 0 Å². The van der Waals surface area contributed by atoms with Crippen LogP contribution in [0.4, 0.5) is 10.3 Å². The molecule has 0 aliphatic carbocycles. The molecule has 3 aromatic rings. The van der Waals surface area contributed by atoms with E-state index in [4.69, 9.17) is 47.7 Å². The van der Waals surface area contributed by atoms with Crippen LogP contribution in [0.3, 0.4) is 0 Å². The number of para-hydroxylation sites is 1. The Balaban J connectivity index is 1.56. The number of nitrogens with one attached hydrogen (secondary N) is 2. The number of carbonyl (C=O) groups excluding carboxylic acids is 1. The number of ether oxygens (including phenoxy) is 2. The zero-order valence-electron chi connectivity index (χ0n) is 21.0. The molecule has 1 aromatic carbocycles. The smallest absolute Gasteiger partial charge is 0.323 e. The number of carbonyl (C=O) groups is 1. The van der Waals surface area contributed by atoms with E-state index in [0.717, 1.165) is 10.9 Å². The number of hydrogen-bond donors (Lipinski definition) is 4. The Morgan fingerprint density at radius 3 is 2.77 bits per heavy atom. The van der Waals surface area contributed by atoms with Crippen LogP contribution >= 0.6 is 18.2 Å². The van der Waals surface area contributed by atoms with E-state index in [2.05, 4.69) is 20.0 Å². The molecule has 0 unspecified atom stereocenters. The quantitative estimate of drug-likeness (QED) is 0.151. The molecule has 3 heterocycles. The van der Waals surface area contributed by atoms with E-state index >= 15 is 4.39 Å². The van der Waals surface area contributed by atoms with Gasteiger partial charge in [0.15, 0.2) is 17.4 Å². The molecule has 0 amide bonds. The second-order valence-electron chi connectivity index (χ2n) is 8.96. The topological polar surface area (TPSA) is 176 Å². The fourth-order valence-corrected chi connectivity index (χ4v) is 6.44. The molecule has 17 heteroatoms. The van der Waals surface area contributed by atoms with Crippen molar-refractivity contribution < 1.29 is 32.8 Å². The summed E-state index contributed by atoms with van der Waals surface area (Å²) >= 11 is 11.7. The number of imidazole rings is 1. The van der Waals surface area contributed by atoms with Crippen molar-refractivity contribution in [2.75, 3.05) is 12.3 Å². The van der Waals surface area contributed by atoms with Crippen molar-refractivity contribution in [1.82, 2.24) is 24.6 Å². The minimum Gasteiger partial charge on any atom is -0.462 e. The lowest BCUT2D eigenvalue weighted by Crippen LogP contribution is -2.40. The van der Waals surface area contributed by atoms with Gasteiger partial charge in [-0.2, -0.15) is 4.98 Å². The number of nitrogen functional groups attached to an aromatic ring is 1. The third kappa shape index (κ3) is 6.40. The minimum atomic E-state index is -3.52. The van der Waals surface area contributed by atoms with Gasteiger partial charge in [0.1, 0.15) is 24.0 Å². The third-order valence-corrected chi connectivity index (χ3v) is 8.43. The van der Waals surface area contributed by atoms with Crippen molar-refractivity contribution in [1.29, 1.82) is 0 Å². The molecule has 0 bridgehead atoms. The number of nitrogens with zero attached hydrogens (tertiary/aromatic N) is 3. The number of esters is 1. The second kappa shape index (κ2) is 11.5. The van der Waals surface area contributed by atoms with Gasteiger partial charge in [0, 0.05) is 0 Å². The number of benzene rings is 1. The van der Waals surface area contributed by atoms with E-state index in [-0.39, 0.29) is 23.2 Å². The van der Waals surface area contributed by atoms with Gasteiger partial charge in [0.05, 0.1) is 19.0 Å². The van der Waals surface area contributed by atoms with Crippen LogP contribution in [0.1, 0.15) is 27.0 Å². The number of aromatic amines is 1. The van der Waals surface area contributed by atoms with Crippen LogP contribution < -0.4 is 20.9 Å². The number of halogens is 2. The number of anilines is 1.